The summed E-state index contributed by atoms with van der Waals surface area (Å²) in [6.07, 6.45) is 0. The van der Waals surface area contributed by atoms with Crippen LogP contribution in [-0.4, -0.2) is 12.4 Å². The lowest BCUT2D eigenvalue weighted by molar-refractivity contribution is 0.344. The van der Waals surface area contributed by atoms with Gasteiger partial charge in [0.1, 0.15) is 5.75 Å². The Morgan fingerprint density at radius 2 is 1.89 bits per heavy atom. The van der Waals surface area contributed by atoms with Gasteiger partial charge in [0.2, 0.25) is 0 Å². The molecule has 2 aromatic rings. The normalized spacial score (nSPS) is 10.3. The molecule has 0 aromatic heterocycles. The molecule has 94 valence electrons. The molecule has 0 saturated carbocycles. The average molecular weight is 324 g/mol. The van der Waals surface area contributed by atoms with E-state index in [1.54, 1.807) is 11.8 Å². The average Bonchev–Trinajstić information content (AvgIpc) is 2.38. The van der Waals surface area contributed by atoms with Crippen LogP contribution in [0.4, 0.5) is 5.69 Å². The third-order valence-electron chi connectivity index (χ3n) is 2.32. The first-order chi connectivity index (χ1) is 8.75. The number of halogens is 1. The van der Waals surface area contributed by atoms with E-state index in [1.807, 2.05) is 48.5 Å². The summed E-state index contributed by atoms with van der Waals surface area (Å²) in [6, 6.07) is 15.8. The zero-order chi connectivity index (χ0) is 12.8. The fourth-order valence-corrected chi connectivity index (χ4v) is 2.63. The van der Waals surface area contributed by atoms with Gasteiger partial charge < -0.3 is 10.5 Å². The maximum Gasteiger partial charge on any atom is 0.119 e. The molecule has 2 nitrogen and oxygen atoms in total. The minimum Gasteiger partial charge on any atom is -0.493 e. The third kappa shape index (κ3) is 3.96. The van der Waals surface area contributed by atoms with Gasteiger partial charge in [0.25, 0.3) is 0 Å². The second-order valence-electron chi connectivity index (χ2n) is 3.69. The van der Waals surface area contributed by atoms with Crippen molar-refractivity contribution in [1.82, 2.24) is 0 Å². The molecule has 18 heavy (non-hydrogen) atoms. The molecule has 0 aliphatic carbocycles. The molecule has 0 saturated heterocycles. The molecule has 2 N–H and O–H groups in total. The van der Waals surface area contributed by atoms with Gasteiger partial charge in [-0.05, 0) is 30.3 Å². The Labute approximate surface area is 120 Å². The Morgan fingerprint density at radius 3 is 2.61 bits per heavy atom. The highest BCUT2D eigenvalue weighted by Crippen LogP contribution is 2.27. The number of rotatable bonds is 5. The Hall–Kier alpha value is -1.13. The lowest BCUT2D eigenvalue weighted by atomic mass is 10.3. The SMILES string of the molecule is Nc1cc(Br)ccc1SCCOc1ccccc1. The van der Waals surface area contributed by atoms with Gasteiger partial charge in [-0.1, -0.05) is 34.1 Å². The first-order valence-corrected chi connectivity index (χ1v) is 7.39. The van der Waals surface area contributed by atoms with E-state index in [4.69, 9.17) is 10.5 Å². The topological polar surface area (TPSA) is 35.2 Å². The van der Waals surface area contributed by atoms with Gasteiger partial charge in [-0.3, -0.25) is 0 Å². The van der Waals surface area contributed by atoms with E-state index in [9.17, 15) is 0 Å². The van der Waals surface area contributed by atoms with Crippen LogP contribution in [-0.2, 0) is 0 Å². The molecule has 2 aromatic carbocycles. The molecule has 0 fully saturated rings. The van der Waals surface area contributed by atoms with Crippen LogP contribution in [0.2, 0.25) is 0 Å². The summed E-state index contributed by atoms with van der Waals surface area (Å²) in [4.78, 5) is 1.09. The summed E-state index contributed by atoms with van der Waals surface area (Å²) in [7, 11) is 0. The van der Waals surface area contributed by atoms with Crippen LogP contribution < -0.4 is 10.5 Å². The molecule has 0 heterocycles. The van der Waals surface area contributed by atoms with E-state index in [2.05, 4.69) is 15.9 Å². The predicted molar refractivity (Wildman–Crippen MR) is 81.2 cm³/mol. The molecule has 0 aliphatic heterocycles. The van der Waals surface area contributed by atoms with Gasteiger partial charge in [0.15, 0.2) is 0 Å². The standard InChI is InChI=1S/C14H14BrNOS/c15-11-6-7-14(13(16)10-11)18-9-8-17-12-4-2-1-3-5-12/h1-7,10H,8-9,16H2. The number of thioether (sulfide) groups is 1. The Balaban J connectivity index is 1.79. The number of ether oxygens (including phenoxy) is 1. The van der Waals surface area contributed by atoms with Crippen LogP contribution in [0.15, 0.2) is 57.9 Å². The predicted octanol–water partition coefficient (Wildman–Crippen LogP) is 4.20. The maximum absolute atomic E-state index is 5.92. The quantitative estimate of drug-likeness (QED) is 0.508. The number of nitrogen functional groups attached to an aromatic ring is 1. The van der Waals surface area contributed by atoms with Gasteiger partial charge in [-0.2, -0.15) is 0 Å². The van der Waals surface area contributed by atoms with Crippen molar-refractivity contribution in [2.24, 2.45) is 0 Å². The minimum atomic E-state index is 0.671. The summed E-state index contributed by atoms with van der Waals surface area (Å²) < 4.78 is 6.62. The van der Waals surface area contributed by atoms with E-state index in [-0.39, 0.29) is 0 Å². The summed E-state index contributed by atoms with van der Waals surface area (Å²) >= 11 is 5.10. The number of anilines is 1. The Morgan fingerprint density at radius 1 is 1.11 bits per heavy atom. The molecule has 2 rings (SSSR count). The van der Waals surface area contributed by atoms with Crippen LogP contribution in [0.1, 0.15) is 0 Å². The second-order valence-corrected chi connectivity index (χ2v) is 5.74. The molecular weight excluding hydrogens is 310 g/mol. The van der Waals surface area contributed by atoms with Crippen molar-refractivity contribution in [2.45, 2.75) is 4.90 Å². The van der Waals surface area contributed by atoms with Crippen molar-refractivity contribution in [1.29, 1.82) is 0 Å². The molecule has 0 unspecified atom stereocenters. The van der Waals surface area contributed by atoms with Gasteiger partial charge in [-0.15, -0.1) is 11.8 Å². The number of para-hydroxylation sites is 1. The second kappa shape index (κ2) is 6.71. The highest BCUT2D eigenvalue weighted by molar-refractivity contribution is 9.10. The number of benzene rings is 2. The summed E-state index contributed by atoms with van der Waals surface area (Å²) in [5.74, 6) is 1.78. The maximum atomic E-state index is 5.92. The lowest BCUT2D eigenvalue weighted by Gasteiger charge is -2.07. The van der Waals surface area contributed by atoms with Crippen LogP contribution in [0.3, 0.4) is 0 Å². The van der Waals surface area contributed by atoms with Crippen LogP contribution in [0.5, 0.6) is 5.75 Å². The molecule has 0 radical (unpaired) electrons. The van der Waals surface area contributed by atoms with Gasteiger partial charge in [-0.25, -0.2) is 0 Å². The van der Waals surface area contributed by atoms with E-state index in [0.29, 0.717) is 6.61 Å². The third-order valence-corrected chi connectivity index (χ3v) is 3.87. The van der Waals surface area contributed by atoms with Crippen molar-refractivity contribution in [3.05, 3.63) is 53.0 Å². The molecule has 0 aliphatic rings. The van der Waals surface area contributed by atoms with Crippen molar-refractivity contribution < 1.29 is 4.74 Å². The fraction of sp³-hybridized carbons (Fsp3) is 0.143. The monoisotopic (exact) mass is 323 g/mol. The van der Waals surface area contributed by atoms with Gasteiger partial charge >= 0.3 is 0 Å². The highest BCUT2D eigenvalue weighted by atomic mass is 79.9. The summed E-state index contributed by atoms with van der Waals surface area (Å²) in [5.41, 5.74) is 6.72. The fourth-order valence-electron chi connectivity index (χ4n) is 1.48. The van der Waals surface area contributed by atoms with Crippen LogP contribution >= 0.6 is 27.7 Å². The van der Waals surface area contributed by atoms with E-state index in [0.717, 1.165) is 26.6 Å². The number of nitrogens with two attached hydrogens (primary N) is 1. The smallest absolute Gasteiger partial charge is 0.119 e. The molecule has 0 amide bonds. The number of hydrogen-bond acceptors (Lipinski definition) is 3. The van der Waals surface area contributed by atoms with Crippen molar-refractivity contribution >= 4 is 33.4 Å². The summed E-state index contributed by atoms with van der Waals surface area (Å²) in [5, 5.41) is 0. The van der Waals surface area contributed by atoms with Crippen LogP contribution in [0, 0.1) is 0 Å². The zero-order valence-corrected chi connectivity index (χ0v) is 12.2. The first kappa shape index (κ1) is 13.3. The van der Waals surface area contributed by atoms with Gasteiger partial charge in [0.05, 0.1) is 6.61 Å². The minimum absolute atomic E-state index is 0.671. The molecule has 4 heteroatoms. The molecule has 0 spiro atoms. The lowest BCUT2D eigenvalue weighted by Crippen LogP contribution is -2.00. The van der Waals surface area contributed by atoms with E-state index in [1.165, 1.54) is 0 Å². The Kier molecular flexibility index (Phi) is 4.96. The van der Waals surface area contributed by atoms with Crippen molar-refractivity contribution in [3.8, 4) is 5.75 Å². The van der Waals surface area contributed by atoms with E-state index >= 15 is 0 Å². The van der Waals surface area contributed by atoms with Gasteiger partial charge in [0, 0.05) is 20.8 Å². The highest BCUT2D eigenvalue weighted by Gasteiger charge is 2.00. The Bertz CT molecular complexity index is 504. The van der Waals surface area contributed by atoms with Crippen molar-refractivity contribution in [3.63, 3.8) is 0 Å². The van der Waals surface area contributed by atoms with Crippen molar-refractivity contribution in [2.75, 3.05) is 18.1 Å². The van der Waals surface area contributed by atoms with Crippen LogP contribution in [0.25, 0.3) is 0 Å². The van der Waals surface area contributed by atoms with E-state index < -0.39 is 0 Å². The molecule has 0 bridgehead atoms. The zero-order valence-electron chi connectivity index (χ0n) is 9.80. The summed E-state index contributed by atoms with van der Waals surface area (Å²) in [6.45, 7) is 0.671. The largest absolute Gasteiger partial charge is 0.493 e. The molecule has 0 atom stereocenters. The number of hydrogen-bond donors (Lipinski definition) is 1. The first-order valence-electron chi connectivity index (χ1n) is 5.61. The molecular formula is C14H14BrNOS.